The second kappa shape index (κ2) is 7.05. The zero-order valence-electron chi connectivity index (χ0n) is 12.7. The summed E-state index contributed by atoms with van der Waals surface area (Å²) in [5, 5.41) is 5.53. The summed E-state index contributed by atoms with van der Waals surface area (Å²) in [5.74, 6) is 0.919. The molecule has 0 fully saturated rings. The van der Waals surface area contributed by atoms with E-state index in [1.165, 1.54) is 5.39 Å². The van der Waals surface area contributed by atoms with Gasteiger partial charge in [-0.1, -0.05) is 42.5 Å². The Morgan fingerprint density at radius 3 is 2.73 bits per heavy atom. The van der Waals surface area contributed by atoms with E-state index in [0.717, 1.165) is 29.7 Å². The van der Waals surface area contributed by atoms with E-state index in [4.69, 9.17) is 4.74 Å². The van der Waals surface area contributed by atoms with Crippen LogP contribution in [0.3, 0.4) is 0 Å². The molecule has 3 heteroatoms. The summed E-state index contributed by atoms with van der Waals surface area (Å²) in [6.07, 6.45) is 4.56. The standard InChI is InChI=1S/C19H20N2O/c1-20-13-11-18(16-8-5-12-21-14-16)22-19-10-4-7-15-6-2-3-9-17(15)19/h2-10,12,14,18,20H,11,13H2,1H3. The summed E-state index contributed by atoms with van der Waals surface area (Å²) in [6, 6.07) is 18.5. The van der Waals surface area contributed by atoms with E-state index in [2.05, 4.69) is 34.6 Å². The molecule has 0 aliphatic rings. The average Bonchev–Trinajstić information content (AvgIpc) is 2.59. The molecule has 1 atom stereocenters. The Morgan fingerprint density at radius 1 is 1.05 bits per heavy atom. The predicted octanol–water partition coefficient (Wildman–Crippen LogP) is 3.96. The van der Waals surface area contributed by atoms with Gasteiger partial charge in [0.25, 0.3) is 0 Å². The molecule has 3 nitrogen and oxygen atoms in total. The lowest BCUT2D eigenvalue weighted by molar-refractivity contribution is 0.197. The van der Waals surface area contributed by atoms with Crippen LogP contribution in [-0.2, 0) is 0 Å². The molecule has 1 N–H and O–H groups in total. The van der Waals surface area contributed by atoms with Gasteiger partial charge in [0.1, 0.15) is 11.9 Å². The lowest BCUT2D eigenvalue weighted by atomic mass is 10.1. The van der Waals surface area contributed by atoms with E-state index in [1.54, 1.807) is 6.20 Å². The third-order valence-electron chi connectivity index (χ3n) is 3.73. The highest BCUT2D eigenvalue weighted by Crippen LogP contribution is 2.30. The van der Waals surface area contributed by atoms with Crippen LogP contribution in [0.4, 0.5) is 0 Å². The van der Waals surface area contributed by atoms with Crippen molar-refractivity contribution in [2.75, 3.05) is 13.6 Å². The monoisotopic (exact) mass is 292 g/mol. The topological polar surface area (TPSA) is 34.1 Å². The highest BCUT2D eigenvalue weighted by atomic mass is 16.5. The molecule has 1 unspecified atom stereocenters. The molecule has 0 saturated heterocycles. The number of nitrogens with zero attached hydrogens (tertiary/aromatic N) is 1. The van der Waals surface area contributed by atoms with Crippen LogP contribution in [0.2, 0.25) is 0 Å². The van der Waals surface area contributed by atoms with Crippen molar-refractivity contribution >= 4 is 10.8 Å². The number of hydrogen-bond acceptors (Lipinski definition) is 3. The van der Waals surface area contributed by atoms with Gasteiger partial charge >= 0.3 is 0 Å². The van der Waals surface area contributed by atoms with Crippen molar-refractivity contribution in [2.45, 2.75) is 12.5 Å². The fourth-order valence-corrected chi connectivity index (χ4v) is 2.59. The van der Waals surface area contributed by atoms with Crippen molar-refractivity contribution in [3.8, 4) is 5.75 Å². The van der Waals surface area contributed by atoms with E-state index in [1.807, 2.05) is 43.6 Å². The molecule has 3 rings (SSSR count). The lowest BCUT2D eigenvalue weighted by Crippen LogP contribution is -2.16. The Balaban J connectivity index is 1.92. The van der Waals surface area contributed by atoms with E-state index >= 15 is 0 Å². The van der Waals surface area contributed by atoms with E-state index in [-0.39, 0.29) is 6.10 Å². The minimum atomic E-state index is -0.00745. The maximum absolute atomic E-state index is 6.34. The van der Waals surface area contributed by atoms with Crippen LogP contribution in [0.15, 0.2) is 67.0 Å². The van der Waals surface area contributed by atoms with Crippen LogP contribution in [0.1, 0.15) is 18.1 Å². The molecule has 0 radical (unpaired) electrons. The Morgan fingerprint density at radius 2 is 1.91 bits per heavy atom. The molecule has 112 valence electrons. The summed E-state index contributed by atoms with van der Waals surface area (Å²) in [4.78, 5) is 4.22. The number of pyridine rings is 1. The smallest absolute Gasteiger partial charge is 0.128 e. The largest absolute Gasteiger partial charge is 0.485 e. The lowest BCUT2D eigenvalue weighted by Gasteiger charge is -2.20. The Bertz CT molecular complexity index is 722. The fraction of sp³-hybridized carbons (Fsp3) is 0.211. The summed E-state index contributed by atoms with van der Waals surface area (Å²) < 4.78 is 6.34. The van der Waals surface area contributed by atoms with Crippen LogP contribution >= 0.6 is 0 Å². The Kier molecular flexibility index (Phi) is 4.66. The van der Waals surface area contributed by atoms with E-state index in [9.17, 15) is 0 Å². The van der Waals surface area contributed by atoms with Gasteiger partial charge in [-0.3, -0.25) is 4.98 Å². The number of aromatic nitrogens is 1. The first-order valence-electron chi connectivity index (χ1n) is 7.57. The van der Waals surface area contributed by atoms with E-state index in [0.29, 0.717) is 0 Å². The molecular weight excluding hydrogens is 272 g/mol. The van der Waals surface area contributed by atoms with Crippen molar-refractivity contribution in [3.63, 3.8) is 0 Å². The van der Waals surface area contributed by atoms with Crippen molar-refractivity contribution in [3.05, 3.63) is 72.6 Å². The minimum Gasteiger partial charge on any atom is -0.485 e. The zero-order valence-corrected chi connectivity index (χ0v) is 12.7. The van der Waals surface area contributed by atoms with Crippen molar-refractivity contribution in [1.29, 1.82) is 0 Å². The molecule has 3 aromatic rings. The quantitative estimate of drug-likeness (QED) is 0.746. The maximum Gasteiger partial charge on any atom is 0.128 e. The van der Waals surface area contributed by atoms with E-state index < -0.39 is 0 Å². The second-order valence-corrected chi connectivity index (χ2v) is 5.26. The molecule has 0 bridgehead atoms. The summed E-state index contributed by atoms with van der Waals surface area (Å²) in [7, 11) is 1.96. The molecule has 1 aromatic heterocycles. The number of benzene rings is 2. The van der Waals surface area contributed by atoms with Crippen LogP contribution in [0.5, 0.6) is 5.75 Å². The highest BCUT2D eigenvalue weighted by Gasteiger charge is 2.14. The Labute approximate surface area is 131 Å². The molecule has 0 aliphatic heterocycles. The average molecular weight is 292 g/mol. The summed E-state index contributed by atoms with van der Waals surface area (Å²) >= 11 is 0. The van der Waals surface area contributed by atoms with Gasteiger partial charge in [0, 0.05) is 29.8 Å². The molecular formula is C19H20N2O. The van der Waals surface area contributed by atoms with Gasteiger partial charge in [-0.25, -0.2) is 0 Å². The molecule has 0 amide bonds. The van der Waals surface area contributed by atoms with Crippen molar-refractivity contribution < 1.29 is 4.74 Å². The molecule has 1 heterocycles. The highest BCUT2D eigenvalue weighted by molar-refractivity contribution is 5.88. The number of nitrogens with one attached hydrogen (secondary N) is 1. The SMILES string of the molecule is CNCCC(Oc1cccc2ccccc12)c1cccnc1. The first-order valence-corrected chi connectivity index (χ1v) is 7.57. The predicted molar refractivity (Wildman–Crippen MR) is 90.1 cm³/mol. The minimum absolute atomic E-state index is 0.00745. The van der Waals surface area contributed by atoms with Crippen LogP contribution in [0.25, 0.3) is 10.8 Å². The Hall–Kier alpha value is -2.39. The van der Waals surface area contributed by atoms with Gasteiger partial charge in [-0.15, -0.1) is 0 Å². The first-order chi connectivity index (χ1) is 10.9. The van der Waals surface area contributed by atoms with Crippen molar-refractivity contribution in [1.82, 2.24) is 10.3 Å². The van der Waals surface area contributed by atoms with Gasteiger partial charge in [0.05, 0.1) is 0 Å². The van der Waals surface area contributed by atoms with Crippen molar-refractivity contribution in [2.24, 2.45) is 0 Å². The van der Waals surface area contributed by atoms with Gasteiger partial charge in [-0.05, 0) is 31.1 Å². The zero-order chi connectivity index (χ0) is 15.2. The molecule has 0 saturated carbocycles. The fourth-order valence-electron chi connectivity index (χ4n) is 2.59. The van der Waals surface area contributed by atoms with Crippen LogP contribution in [0, 0.1) is 0 Å². The third kappa shape index (κ3) is 3.26. The number of hydrogen-bond donors (Lipinski definition) is 1. The number of rotatable bonds is 6. The summed E-state index contributed by atoms with van der Waals surface area (Å²) in [5.41, 5.74) is 1.10. The van der Waals surface area contributed by atoms with Crippen LogP contribution < -0.4 is 10.1 Å². The molecule has 2 aromatic carbocycles. The third-order valence-corrected chi connectivity index (χ3v) is 3.73. The van der Waals surface area contributed by atoms with Gasteiger partial charge in [-0.2, -0.15) is 0 Å². The summed E-state index contributed by atoms with van der Waals surface area (Å²) in [6.45, 7) is 0.893. The molecule has 0 aliphatic carbocycles. The number of ether oxygens (including phenoxy) is 1. The van der Waals surface area contributed by atoms with Gasteiger partial charge in [0.15, 0.2) is 0 Å². The molecule has 0 spiro atoms. The first kappa shape index (κ1) is 14.5. The second-order valence-electron chi connectivity index (χ2n) is 5.26. The maximum atomic E-state index is 6.34. The normalized spacial score (nSPS) is 12.2. The van der Waals surface area contributed by atoms with Gasteiger partial charge < -0.3 is 10.1 Å². The van der Waals surface area contributed by atoms with Crippen LogP contribution in [-0.4, -0.2) is 18.6 Å². The molecule has 22 heavy (non-hydrogen) atoms. The van der Waals surface area contributed by atoms with Gasteiger partial charge in [0.2, 0.25) is 0 Å². The number of fused-ring (bicyclic) bond motifs is 1.